The summed E-state index contributed by atoms with van der Waals surface area (Å²) < 4.78 is 36.4. The quantitative estimate of drug-likeness (QED) is 0.847. The number of carbonyl (C=O) groups excluding carboxylic acids is 1. The average Bonchev–Trinajstić information content (AvgIpc) is 2.60. The van der Waals surface area contributed by atoms with Crippen LogP contribution in [0.5, 0.6) is 0 Å². The normalized spacial score (nSPS) is 23.1. The lowest BCUT2D eigenvalue weighted by Gasteiger charge is -2.29. The van der Waals surface area contributed by atoms with E-state index in [4.69, 9.17) is 0 Å². The molecule has 7 heteroatoms. The molecule has 1 amide bonds. The van der Waals surface area contributed by atoms with E-state index in [1.807, 2.05) is 22.0 Å². The molecule has 0 unspecified atom stereocenters. The monoisotopic (exact) mass is 312 g/mol. The van der Waals surface area contributed by atoms with Crippen molar-refractivity contribution in [3.63, 3.8) is 0 Å². The molecule has 1 heterocycles. The van der Waals surface area contributed by atoms with Crippen molar-refractivity contribution in [3.05, 3.63) is 0 Å². The Balaban J connectivity index is 2.50. The summed E-state index contributed by atoms with van der Waals surface area (Å²) in [6.07, 6.45) is -1.12. The van der Waals surface area contributed by atoms with Gasteiger partial charge in [0.05, 0.1) is 6.04 Å². The third-order valence-electron chi connectivity index (χ3n) is 3.45. The minimum atomic E-state index is -4.35. The lowest BCUT2D eigenvalue weighted by atomic mass is 10.2. The summed E-state index contributed by atoms with van der Waals surface area (Å²) in [7, 11) is 0. The van der Waals surface area contributed by atoms with Crippen molar-refractivity contribution in [2.45, 2.75) is 50.6 Å². The Labute approximate surface area is 122 Å². The molecule has 0 aromatic carbocycles. The minimum Gasteiger partial charge on any atom is -0.346 e. The van der Waals surface area contributed by atoms with Crippen molar-refractivity contribution in [2.75, 3.05) is 25.4 Å². The summed E-state index contributed by atoms with van der Waals surface area (Å²) >= 11 is 1.86. The molecular weight excluding hydrogens is 289 g/mol. The van der Waals surface area contributed by atoms with E-state index in [1.165, 1.54) is 0 Å². The maximum atomic E-state index is 12.1. The Morgan fingerprint density at radius 3 is 2.75 bits per heavy atom. The fraction of sp³-hybridized carbons (Fsp3) is 0.923. The van der Waals surface area contributed by atoms with Gasteiger partial charge in [0.2, 0.25) is 5.91 Å². The van der Waals surface area contributed by atoms with Crippen molar-refractivity contribution < 1.29 is 18.0 Å². The first kappa shape index (κ1) is 17.6. The van der Waals surface area contributed by atoms with Gasteiger partial charge in [-0.3, -0.25) is 9.69 Å². The van der Waals surface area contributed by atoms with Gasteiger partial charge >= 0.3 is 6.18 Å². The van der Waals surface area contributed by atoms with Gasteiger partial charge in [-0.15, -0.1) is 0 Å². The lowest BCUT2D eigenvalue weighted by Crippen LogP contribution is -2.48. The molecule has 0 aromatic heterocycles. The zero-order valence-electron chi connectivity index (χ0n) is 12.0. The van der Waals surface area contributed by atoms with Crippen molar-refractivity contribution in [2.24, 2.45) is 0 Å². The number of rotatable bonds is 5. The van der Waals surface area contributed by atoms with Crippen LogP contribution in [-0.4, -0.2) is 53.7 Å². The summed E-state index contributed by atoms with van der Waals surface area (Å²) in [6.45, 7) is 4.09. The molecule has 1 aliphatic rings. The Hall–Kier alpha value is -0.430. The summed E-state index contributed by atoms with van der Waals surface area (Å²) in [5.74, 6) is 0.483. The second-order valence-corrected chi connectivity index (χ2v) is 6.65. The fourth-order valence-electron chi connectivity index (χ4n) is 2.36. The number of carbonyl (C=O) groups is 1. The van der Waals surface area contributed by atoms with E-state index in [2.05, 4.69) is 6.92 Å². The maximum absolute atomic E-state index is 12.1. The number of halogens is 3. The van der Waals surface area contributed by atoms with E-state index in [-0.39, 0.29) is 0 Å². The van der Waals surface area contributed by atoms with Crippen LogP contribution in [0.15, 0.2) is 0 Å². The molecule has 0 aromatic rings. The van der Waals surface area contributed by atoms with E-state index >= 15 is 0 Å². The Kier molecular flexibility index (Phi) is 7.15. The SMILES string of the molecule is CCS[C@@H]1CCCCN([C@H](C)C(=O)NCC(F)(F)F)C1. The molecule has 1 N–H and O–H groups in total. The van der Waals surface area contributed by atoms with Gasteiger partial charge in [0.1, 0.15) is 6.54 Å². The van der Waals surface area contributed by atoms with Crippen molar-refractivity contribution in [1.29, 1.82) is 0 Å². The lowest BCUT2D eigenvalue weighted by molar-refractivity contribution is -0.141. The number of amides is 1. The number of nitrogens with one attached hydrogen (secondary N) is 1. The highest BCUT2D eigenvalue weighted by Gasteiger charge is 2.31. The molecule has 0 radical (unpaired) electrons. The second kappa shape index (κ2) is 8.12. The van der Waals surface area contributed by atoms with Crippen LogP contribution in [-0.2, 0) is 4.79 Å². The van der Waals surface area contributed by atoms with Gasteiger partial charge in [-0.25, -0.2) is 0 Å². The zero-order valence-corrected chi connectivity index (χ0v) is 12.8. The molecule has 20 heavy (non-hydrogen) atoms. The van der Waals surface area contributed by atoms with Crippen LogP contribution >= 0.6 is 11.8 Å². The Morgan fingerprint density at radius 2 is 2.15 bits per heavy atom. The van der Waals surface area contributed by atoms with Crippen molar-refractivity contribution in [3.8, 4) is 0 Å². The van der Waals surface area contributed by atoms with Crippen molar-refractivity contribution >= 4 is 17.7 Å². The molecule has 3 nitrogen and oxygen atoms in total. The van der Waals surface area contributed by atoms with E-state index in [0.29, 0.717) is 5.25 Å². The predicted molar refractivity (Wildman–Crippen MR) is 75.9 cm³/mol. The smallest absolute Gasteiger partial charge is 0.346 e. The summed E-state index contributed by atoms with van der Waals surface area (Å²) in [4.78, 5) is 13.8. The average molecular weight is 312 g/mol. The predicted octanol–water partition coefficient (Wildman–Crippen LogP) is 2.66. The molecule has 0 aliphatic carbocycles. The van der Waals surface area contributed by atoms with Crippen LogP contribution in [0.1, 0.15) is 33.1 Å². The highest BCUT2D eigenvalue weighted by Crippen LogP contribution is 2.23. The third-order valence-corrected chi connectivity index (χ3v) is 4.64. The first-order valence-electron chi connectivity index (χ1n) is 7.03. The number of thioether (sulfide) groups is 1. The van der Waals surface area contributed by atoms with Crippen LogP contribution < -0.4 is 5.32 Å². The highest BCUT2D eigenvalue weighted by molar-refractivity contribution is 7.99. The van der Waals surface area contributed by atoms with Gasteiger partial charge in [0.15, 0.2) is 0 Å². The Bertz CT molecular complexity index is 312. The number of likely N-dealkylation sites (tertiary alicyclic amines) is 1. The van der Waals surface area contributed by atoms with Crippen molar-refractivity contribution in [1.82, 2.24) is 10.2 Å². The molecule has 1 rings (SSSR count). The van der Waals surface area contributed by atoms with Gasteiger partial charge in [-0.05, 0) is 32.1 Å². The van der Waals surface area contributed by atoms with Crippen LogP contribution in [0.4, 0.5) is 13.2 Å². The summed E-state index contributed by atoms with van der Waals surface area (Å²) in [5.41, 5.74) is 0. The Morgan fingerprint density at radius 1 is 1.45 bits per heavy atom. The maximum Gasteiger partial charge on any atom is 0.405 e. The molecule has 0 spiro atoms. The summed E-state index contributed by atoms with van der Waals surface area (Å²) in [6, 6.07) is -0.504. The topological polar surface area (TPSA) is 32.3 Å². The van der Waals surface area contributed by atoms with Crippen LogP contribution in [0, 0.1) is 0 Å². The number of hydrogen-bond donors (Lipinski definition) is 1. The van der Waals surface area contributed by atoms with Crippen LogP contribution in [0.2, 0.25) is 0 Å². The molecule has 2 atom stereocenters. The van der Waals surface area contributed by atoms with E-state index in [9.17, 15) is 18.0 Å². The van der Waals surface area contributed by atoms with E-state index in [1.54, 1.807) is 6.92 Å². The molecule has 0 bridgehead atoms. The van der Waals surface area contributed by atoms with Gasteiger partial charge in [0, 0.05) is 11.8 Å². The first-order chi connectivity index (χ1) is 9.33. The molecule has 1 fully saturated rings. The fourth-order valence-corrected chi connectivity index (χ4v) is 3.46. The molecule has 0 saturated carbocycles. The summed E-state index contributed by atoms with van der Waals surface area (Å²) in [5, 5.41) is 2.45. The van der Waals surface area contributed by atoms with Gasteiger partial charge in [-0.1, -0.05) is 13.3 Å². The molecule has 118 valence electrons. The second-order valence-electron chi connectivity index (χ2n) is 5.08. The molecule has 1 saturated heterocycles. The van der Waals surface area contributed by atoms with Gasteiger partial charge < -0.3 is 5.32 Å². The first-order valence-corrected chi connectivity index (χ1v) is 8.08. The number of nitrogens with zero attached hydrogens (tertiary/aromatic N) is 1. The van der Waals surface area contributed by atoms with Crippen LogP contribution in [0.25, 0.3) is 0 Å². The van der Waals surface area contributed by atoms with Gasteiger partial charge in [-0.2, -0.15) is 24.9 Å². The van der Waals surface area contributed by atoms with Crippen LogP contribution in [0.3, 0.4) is 0 Å². The molecular formula is C13H23F3N2OS. The number of alkyl halides is 3. The minimum absolute atomic E-state index is 0.473. The third kappa shape index (κ3) is 6.35. The van der Waals surface area contributed by atoms with Gasteiger partial charge in [0.25, 0.3) is 0 Å². The number of hydrogen-bond acceptors (Lipinski definition) is 3. The standard InChI is InChI=1S/C13H23F3N2OS/c1-3-20-11-6-4-5-7-18(8-11)10(2)12(19)17-9-13(14,15)16/h10-11H,3-9H2,1-2H3,(H,17,19)/t10-,11-/m1/s1. The largest absolute Gasteiger partial charge is 0.405 e. The zero-order chi connectivity index (χ0) is 15.2. The van der Waals surface area contributed by atoms with E-state index in [0.717, 1.165) is 38.1 Å². The molecule has 1 aliphatic heterocycles. The van der Waals surface area contributed by atoms with E-state index < -0.39 is 24.7 Å². The highest BCUT2D eigenvalue weighted by atomic mass is 32.2.